The standard InChI is InChI=1S/C9H19NO/c1-3-8(2)10-6-9(7-11)4-5-9/h8,10-11H,3-7H2,1-2H3. The summed E-state index contributed by atoms with van der Waals surface area (Å²) in [6, 6.07) is 0.596. The fourth-order valence-corrected chi connectivity index (χ4v) is 1.10. The molecular formula is C9H19NO. The van der Waals surface area contributed by atoms with Gasteiger partial charge in [-0.05, 0) is 26.2 Å². The molecule has 0 saturated heterocycles. The van der Waals surface area contributed by atoms with E-state index in [2.05, 4.69) is 19.2 Å². The predicted octanol–water partition coefficient (Wildman–Crippen LogP) is 1.15. The van der Waals surface area contributed by atoms with Gasteiger partial charge in [-0.1, -0.05) is 6.92 Å². The molecule has 0 amide bonds. The second-order valence-corrected chi connectivity index (χ2v) is 3.85. The van der Waals surface area contributed by atoms with Gasteiger partial charge in [0.25, 0.3) is 0 Å². The largest absolute Gasteiger partial charge is 0.396 e. The Labute approximate surface area is 69.0 Å². The molecule has 2 heteroatoms. The molecule has 1 rings (SSSR count). The zero-order chi connectivity index (χ0) is 8.32. The van der Waals surface area contributed by atoms with Crippen LogP contribution < -0.4 is 5.32 Å². The van der Waals surface area contributed by atoms with Crippen LogP contribution in [0, 0.1) is 5.41 Å². The summed E-state index contributed by atoms with van der Waals surface area (Å²) in [5.74, 6) is 0. The van der Waals surface area contributed by atoms with Crippen LogP contribution in [-0.2, 0) is 0 Å². The lowest BCUT2D eigenvalue weighted by atomic mass is 10.1. The number of hydrogen-bond acceptors (Lipinski definition) is 2. The van der Waals surface area contributed by atoms with Crippen LogP contribution in [0.1, 0.15) is 33.1 Å². The molecule has 1 aliphatic rings. The highest BCUT2D eigenvalue weighted by Crippen LogP contribution is 2.44. The Morgan fingerprint density at radius 3 is 2.55 bits per heavy atom. The number of aliphatic hydroxyl groups is 1. The molecule has 1 fully saturated rings. The van der Waals surface area contributed by atoms with E-state index in [1.807, 2.05) is 0 Å². The number of nitrogens with one attached hydrogen (secondary N) is 1. The van der Waals surface area contributed by atoms with Gasteiger partial charge in [0.1, 0.15) is 0 Å². The summed E-state index contributed by atoms with van der Waals surface area (Å²) in [5.41, 5.74) is 0.267. The summed E-state index contributed by atoms with van der Waals surface area (Å²) in [7, 11) is 0. The molecule has 0 radical (unpaired) electrons. The van der Waals surface area contributed by atoms with Gasteiger partial charge in [-0.3, -0.25) is 0 Å². The molecule has 66 valence electrons. The average molecular weight is 157 g/mol. The minimum atomic E-state index is 0.267. The van der Waals surface area contributed by atoms with Gasteiger partial charge >= 0.3 is 0 Å². The Bertz CT molecular complexity index is 121. The van der Waals surface area contributed by atoms with Crippen LogP contribution in [0.2, 0.25) is 0 Å². The highest BCUT2D eigenvalue weighted by atomic mass is 16.3. The van der Waals surface area contributed by atoms with Crippen molar-refractivity contribution < 1.29 is 5.11 Å². The van der Waals surface area contributed by atoms with Crippen molar-refractivity contribution in [2.24, 2.45) is 5.41 Å². The maximum atomic E-state index is 9.00. The molecule has 2 nitrogen and oxygen atoms in total. The summed E-state index contributed by atoms with van der Waals surface area (Å²) in [5, 5.41) is 12.4. The van der Waals surface area contributed by atoms with Gasteiger partial charge in [-0.15, -0.1) is 0 Å². The van der Waals surface area contributed by atoms with E-state index in [9.17, 15) is 0 Å². The topological polar surface area (TPSA) is 32.3 Å². The molecule has 1 atom stereocenters. The lowest BCUT2D eigenvalue weighted by Gasteiger charge is -2.16. The first-order valence-electron chi connectivity index (χ1n) is 4.57. The minimum Gasteiger partial charge on any atom is -0.396 e. The van der Waals surface area contributed by atoms with E-state index in [0.717, 1.165) is 6.54 Å². The molecule has 0 aromatic carbocycles. The molecule has 0 aliphatic heterocycles. The van der Waals surface area contributed by atoms with Crippen LogP contribution >= 0.6 is 0 Å². The normalized spacial score (nSPS) is 23.2. The van der Waals surface area contributed by atoms with Crippen LogP contribution in [0.15, 0.2) is 0 Å². The Balaban J connectivity index is 2.11. The van der Waals surface area contributed by atoms with E-state index in [4.69, 9.17) is 5.11 Å². The molecule has 2 N–H and O–H groups in total. The van der Waals surface area contributed by atoms with Crippen LogP contribution in [0.3, 0.4) is 0 Å². The molecule has 11 heavy (non-hydrogen) atoms. The maximum Gasteiger partial charge on any atom is 0.0499 e. The quantitative estimate of drug-likeness (QED) is 0.627. The average Bonchev–Trinajstić information content (AvgIpc) is 2.81. The Morgan fingerprint density at radius 1 is 1.55 bits per heavy atom. The van der Waals surface area contributed by atoms with Crippen molar-refractivity contribution in [1.82, 2.24) is 5.32 Å². The fourth-order valence-electron chi connectivity index (χ4n) is 1.10. The summed E-state index contributed by atoms with van der Waals surface area (Å²) in [6.45, 7) is 5.72. The molecule has 0 aromatic rings. The van der Waals surface area contributed by atoms with E-state index in [-0.39, 0.29) is 5.41 Å². The first-order chi connectivity index (χ1) is 5.22. The zero-order valence-electron chi connectivity index (χ0n) is 7.56. The lowest BCUT2D eigenvalue weighted by molar-refractivity contribution is 0.204. The van der Waals surface area contributed by atoms with Crippen molar-refractivity contribution in [2.75, 3.05) is 13.2 Å². The molecule has 0 heterocycles. The second kappa shape index (κ2) is 3.55. The summed E-state index contributed by atoms with van der Waals surface area (Å²) in [6.07, 6.45) is 3.57. The van der Waals surface area contributed by atoms with Gasteiger partial charge in [0.15, 0.2) is 0 Å². The molecule has 0 spiro atoms. The lowest BCUT2D eigenvalue weighted by Crippen LogP contribution is -2.32. The maximum absolute atomic E-state index is 9.00. The van der Waals surface area contributed by atoms with E-state index < -0.39 is 0 Å². The van der Waals surface area contributed by atoms with Crippen molar-refractivity contribution in [1.29, 1.82) is 0 Å². The smallest absolute Gasteiger partial charge is 0.0499 e. The van der Waals surface area contributed by atoms with E-state index in [1.54, 1.807) is 0 Å². The zero-order valence-corrected chi connectivity index (χ0v) is 7.56. The highest BCUT2D eigenvalue weighted by molar-refractivity contribution is 4.94. The van der Waals surface area contributed by atoms with Gasteiger partial charge < -0.3 is 10.4 Å². The van der Waals surface area contributed by atoms with Crippen molar-refractivity contribution >= 4 is 0 Å². The van der Waals surface area contributed by atoms with Crippen molar-refractivity contribution in [3.63, 3.8) is 0 Å². The van der Waals surface area contributed by atoms with Gasteiger partial charge in [0.2, 0.25) is 0 Å². The van der Waals surface area contributed by atoms with Gasteiger partial charge in [-0.2, -0.15) is 0 Å². The van der Waals surface area contributed by atoms with Crippen LogP contribution in [-0.4, -0.2) is 24.3 Å². The molecule has 1 aliphatic carbocycles. The summed E-state index contributed by atoms with van der Waals surface area (Å²) < 4.78 is 0. The van der Waals surface area contributed by atoms with E-state index in [0.29, 0.717) is 12.6 Å². The SMILES string of the molecule is CCC(C)NCC1(CO)CC1. The van der Waals surface area contributed by atoms with Gasteiger partial charge in [0, 0.05) is 24.6 Å². The third kappa shape index (κ3) is 2.46. The van der Waals surface area contributed by atoms with Gasteiger partial charge in [0.05, 0.1) is 0 Å². The third-order valence-electron chi connectivity index (χ3n) is 2.73. The first-order valence-corrected chi connectivity index (χ1v) is 4.57. The molecule has 0 aromatic heterocycles. The Morgan fingerprint density at radius 2 is 2.18 bits per heavy atom. The predicted molar refractivity (Wildman–Crippen MR) is 46.5 cm³/mol. The molecule has 1 saturated carbocycles. The monoisotopic (exact) mass is 157 g/mol. The van der Waals surface area contributed by atoms with Crippen LogP contribution in [0.25, 0.3) is 0 Å². The molecule has 0 bridgehead atoms. The van der Waals surface area contributed by atoms with Crippen LogP contribution in [0.5, 0.6) is 0 Å². The van der Waals surface area contributed by atoms with Gasteiger partial charge in [-0.25, -0.2) is 0 Å². The first kappa shape index (κ1) is 9.01. The third-order valence-corrected chi connectivity index (χ3v) is 2.73. The van der Waals surface area contributed by atoms with Crippen molar-refractivity contribution in [3.8, 4) is 0 Å². The Kier molecular flexibility index (Phi) is 2.90. The Hall–Kier alpha value is -0.0800. The minimum absolute atomic E-state index is 0.267. The van der Waals surface area contributed by atoms with E-state index in [1.165, 1.54) is 19.3 Å². The second-order valence-electron chi connectivity index (χ2n) is 3.85. The summed E-state index contributed by atoms with van der Waals surface area (Å²) >= 11 is 0. The highest BCUT2D eigenvalue weighted by Gasteiger charge is 2.41. The van der Waals surface area contributed by atoms with Crippen LogP contribution in [0.4, 0.5) is 0 Å². The molecule has 1 unspecified atom stereocenters. The molecular weight excluding hydrogens is 138 g/mol. The van der Waals surface area contributed by atoms with Crippen molar-refractivity contribution in [3.05, 3.63) is 0 Å². The van der Waals surface area contributed by atoms with Crippen molar-refractivity contribution in [2.45, 2.75) is 39.2 Å². The van der Waals surface area contributed by atoms with E-state index >= 15 is 0 Å². The number of rotatable bonds is 5. The summed E-state index contributed by atoms with van der Waals surface area (Å²) in [4.78, 5) is 0. The number of hydrogen-bond donors (Lipinski definition) is 2. The number of aliphatic hydroxyl groups excluding tert-OH is 1. The fraction of sp³-hybridized carbons (Fsp3) is 1.00.